The van der Waals surface area contributed by atoms with E-state index in [1.54, 1.807) is 0 Å². The van der Waals surface area contributed by atoms with Gasteiger partial charge in [0.15, 0.2) is 0 Å². The minimum Gasteiger partial charge on any atom is -0.419 e. The molecule has 1 fully saturated rings. The fourth-order valence-electron chi connectivity index (χ4n) is 3.26. The molecule has 28 heavy (non-hydrogen) atoms. The van der Waals surface area contributed by atoms with Gasteiger partial charge in [0.2, 0.25) is 0 Å². The second kappa shape index (κ2) is 6.68. The Hall–Kier alpha value is -3.34. The number of ether oxygens (including phenoxy) is 2. The molecule has 4 rings (SSSR count). The Kier molecular flexibility index (Phi) is 4.30. The highest BCUT2D eigenvalue weighted by atomic mass is 16.7. The third-order valence-corrected chi connectivity index (χ3v) is 4.70. The van der Waals surface area contributed by atoms with Gasteiger partial charge in [-0.1, -0.05) is 42.0 Å². The number of fused-ring (bicyclic) bond motifs is 1. The normalized spacial score (nSPS) is 16.0. The first kappa shape index (κ1) is 18.0. The number of nitrogens with zero attached hydrogens (tertiary/aromatic N) is 1. The first-order valence-electron chi connectivity index (χ1n) is 9.14. The Morgan fingerprint density at radius 3 is 2.32 bits per heavy atom. The molecular formula is C23H21NO4. The average molecular weight is 375 g/mol. The van der Waals surface area contributed by atoms with Gasteiger partial charge in [0.1, 0.15) is 5.57 Å². The van der Waals surface area contributed by atoms with Gasteiger partial charge >= 0.3 is 11.9 Å². The largest absolute Gasteiger partial charge is 0.419 e. The lowest BCUT2D eigenvalue weighted by molar-refractivity contribution is -0.222. The van der Waals surface area contributed by atoms with E-state index in [0.29, 0.717) is 0 Å². The van der Waals surface area contributed by atoms with Crippen molar-refractivity contribution < 1.29 is 19.1 Å². The number of benzene rings is 2. The molecule has 2 heterocycles. The summed E-state index contributed by atoms with van der Waals surface area (Å²) >= 11 is 0. The number of rotatable bonds is 3. The molecule has 0 radical (unpaired) electrons. The zero-order valence-electron chi connectivity index (χ0n) is 16.1. The van der Waals surface area contributed by atoms with Crippen LogP contribution in [0.4, 0.5) is 0 Å². The van der Waals surface area contributed by atoms with Crippen LogP contribution < -0.4 is 0 Å². The summed E-state index contributed by atoms with van der Waals surface area (Å²) in [6.07, 6.45) is 3.55. The molecule has 0 unspecified atom stereocenters. The van der Waals surface area contributed by atoms with Crippen LogP contribution in [0.3, 0.4) is 0 Å². The maximum absolute atomic E-state index is 12.2. The molecular weight excluding hydrogens is 354 g/mol. The molecule has 2 aromatic carbocycles. The van der Waals surface area contributed by atoms with E-state index in [2.05, 4.69) is 35.8 Å². The van der Waals surface area contributed by atoms with Crippen molar-refractivity contribution in [3.05, 3.63) is 77.0 Å². The molecule has 0 aliphatic carbocycles. The van der Waals surface area contributed by atoms with E-state index in [9.17, 15) is 9.59 Å². The summed E-state index contributed by atoms with van der Waals surface area (Å²) in [6, 6.07) is 16.3. The average Bonchev–Trinajstić information content (AvgIpc) is 3.01. The lowest BCUT2D eigenvalue weighted by atomic mass is 10.1. The Balaban J connectivity index is 1.67. The molecule has 0 atom stereocenters. The van der Waals surface area contributed by atoms with E-state index in [0.717, 1.165) is 23.0 Å². The van der Waals surface area contributed by atoms with E-state index in [1.807, 2.05) is 30.5 Å². The number of hydrogen-bond acceptors (Lipinski definition) is 4. The molecule has 142 valence electrons. The van der Waals surface area contributed by atoms with Crippen molar-refractivity contribution in [3.8, 4) is 0 Å². The van der Waals surface area contributed by atoms with Crippen molar-refractivity contribution in [2.75, 3.05) is 0 Å². The lowest BCUT2D eigenvalue weighted by Crippen LogP contribution is -2.41. The van der Waals surface area contributed by atoms with Crippen LogP contribution in [-0.2, 0) is 25.6 Å². The molecule has 3 aromatic rings. The zero-order chi connectivity index (χ0) is 19.9. The van der Waals surface area contributed by atoms with Crippen molar-refractivity contribution in [1.82, 2.24) is 4.57 Å². The van der Waals surface area contributed by atoms with Crippen LogP contribution in [0.25, 0.3) is 17.0 Å². The van der Waals surface area contributed by atoms with E-state index in [1.165, 1.54) is 31.1 Å². The van der Waals surface area contributed by atoms with Gasteiger partial charge in [0.05, 0.1) is 0 Å². The summed E-state index contributed by atoms with van der Waals surface area (Å²) in [5.74, 6) is -2.58. The Morgan fingerprint density at radius 1 is 0.964 bits per heavy atom. The van der Waals surface area contributed by atoms with Gasteiger partial charge in [-0.15, -0.1) is 0 Å². The number of esters is 2. The number of aryl methyl sites for hydroxylation is 1. The molecule has 0 saturated carbocycles. The summed E-state index contributed by atoms with van der Waals surface area (Å²) < 4.78 is 12.5. The summed E-state index contributed by atoms with van der Waals surface area (Å²) in [6.45, 7) is 5.87. The topological polar surface area (TPSA) is 57.5 Å². The number of carbonyl (C=O) groups excluding carboxylic acids is 2. The minimum atomic E-state index is -1.24. The lowest BCUT2D eigenvalue weighted by Gasteiger charge is -2.29. The van der Waals surface area contributed by atoms with Crippen LogP contribution in [-0.4, -0.2) is 22.3 Å². The van der Waals surface area contributed by atoms with Crippen LogP contribution in [0.1, 0.15) is 30.5 Å². The van der Waals surface area contributed by atoms with E-state index < -0.39 is 17.7 Å². The molecule has 1 aromatic heterocycles. The van der Waals surface area contributed by atoms with Crippen LogP contribution >= 0.6 is 0 Å². The molecule has 0 bridgehead atoms. The van der Waals surface area contributed by atoms with E-state index >= 15 is 0 Å². The highest BCUT2D eigenvalue weighted by molar-refractivity contribution is 6.19. The summed E-state index contributed by atoms with van der Waals surface area (Å²) in [5, 5.41) is 1.09. The standard InChI is InChI=1S/C23H21NO4/c1-15-4-6-16(7-5-15)14-24-11-10-18-9-8-17(13-20(18)24)12-19-21(25)27-23(2,3)28-22(19)26/h4-13H,14H2,1-3H3. The predicted molar refractivity (Wildman–Crippen MR) is 106 cm³/mol. The number of hydrogen-bond donors (Lipinski definition) is 0. The Morgan fingerprint density at radius 2 is 1.64 bits per heavy atom. The molecule has 1 aliphatic rings. The van der Waals surface area contributed by atoms with Gasteiger partial charge in [0, 0.05) is 32.1 Å². The Labute approximate surface area is 163 Å². The van der Waals surface area contributed by atoms with Crippen molar-refractivity contribution in [1.29, 1.82) is 0 Å². The SMILES string of the molecule is Cc1ccc(Cn2ccc3ccc(C=C4C(=O)OC(C)(C)OC4=O)cc32)cc1. The first-order valence-corrected chi connectivity index (χ1v) is 9.14. The molecule has 5 nitrogen and oxygen atoms in total. The molecule has 1 aliphatic heterocycles. The molecule has 0 spiro atoms. The highest BCUT2D eigenvalue weighted by Gasteiger charge is 2.38. The van der Waals surface area contributed by atoms with E-state index in [-0.39, 0.29) is 5.57 Å². The van der Waals surface area contributed by atoms with Crippen LogP contribution in [0.15, 0.2) is 60.3 Å². The quantitative estimate of drug-likeness (QED) is 0.391. The summed E-state index contributed by atoms with van der Waals surface area (Å²) in [5.41, 5.74) is 4.08. The monoisotopic (exact) mass is 375 g/mol. The minimum absolute atomic E-state index is 0.102. The maximum atomic E-state index is 12.2. The number of carbonyl (C=O) groups is 2. The summed E-state index contributed by atoms with van der Waals surface area (Å²) in [4.78, 5) is 24.4. The van der Waals surface area contributed by atoms with Gasteiger partial charge < -0.3 is 14.0 Å². The Bertz CT molecular complexity index is 1080. The van der Waals surface area contributed by atoms with Crippen molar-refractivity contribution in [2.45, 2.75) is 33.1 Å². The third-order valence-electron chi connectivity index (χ3n) is 4.70. The molecule has 0 amide bonds. The second-order valence-corrected chi connectivity index (χ2v) is 7.48. The van der Waals surface area contributed by atoms with E-state index in [4.69, 9.17) is 9.47 Å². The third kappa shape index (κ3) is 3.56. The van der Waals surface area contributed by atoms with Gasteiger partial charge in [-0.3, -0.25) is 0 Å². The fraction of sp³-hybridized carbons (Fsp3) is 0.217. The predicted octanol–water partition coefficient (Wildman–Crippen LogP) is 4.22. The molecule has 1 saturated heterocycles. The number of cyclic esters (lactones) is 2. The van der Waals surface area contributed by atoms with Gasteiger partial charge in [-0.05, 0) is 41.6 Å². The first-order chi connectivity index (χ1) is 13.3. The smallest absolute Gasteiger partial charge is 0.348 e. The van der Waals surface area contributed by atoms with Gasteiger partial charge in [0.25, 0.3) is 5.79 Å². The zero-order valence-corrected chi connectivity index (χ0v) is 16.1. The van der Waals surface area contributed by atoms with Crippen molar-refractivity contribution in [3.63, 3.8) is 0 Å². The molecule has 0 N–H and O–H groups in total. The van der Waals surface area contributed by atoms with Crippen LogP contribution in [0, 0.1) is 6.92 Å². The van der Waals surface area contributed by atoms with Crippen LogP contribution in [0.2, 0.25) is 0 Å². The molecule has 5 heteroatoms. The maximum Gasteiger partial charge on any atom is 0.348 e. The van der Waals surface area contributed by atoms with Crippen LogP contribution in [0.5, 0.6) is 0 Å². The highest BCUT2D eigenvalue weighted by Crippen LogP contribution is 2.26. The van der Waals surface area contributed by atoms with Crippen molar-refractivity contribution in [2.24, 2.45) is 0 Å². The van der Waals surface area contributed by atoms with Gasteiger partial charge in [-0.25, -0.2) is 9.59 Å². The number of aromatic nitrogens is 1. The van der Waals surface area contributed by atoms with Crippen molar-refractivity contribution >= 4 is 28.9 Å². The fourth-order valence-corrected chi connectivity index (χ4v) is 3.26. The second-order valence-electron chi connectivity index (χ2n) is 7.48. The van der Waals surface area contributed by atoms with Gasteiger partial charge in [-0.2, -0.15) is 0 Å². The summed E-state index contributed by atoms with van der Waals surface area (Å²) in [7, 11) is 0.